The van der Waals surface area contributed by atoms with Gasteiger partial charge in [-0.25, -0.2) is 0 Å². The molecular formula is C25H38N4O4. The van der Waals surface area contributed by atoms with E-state index >= 15 is 0 Å². The van der Waals surface area contributed by atoms with Crippen LogP contribution in [0.4, 0.5) is 0 Å². The minimum absolute atomic E-state index is 0.236. The molecule has 1 saturated carbocycles. The van der Waals surface area contributed by atoms with E-state index in [0.29, 0.717) is 13.2 Å². The summed E-state index contributed by atoms with van der Waals surface area (Å²) in [7, 11) is 0. The Bertz CT molecular complexity index is 833. The van der Waals surface area contributed by atoms with Gasteiger partial charge in [0.05, 0.1) is 0 Å². The summed E-state index contributed by atoms with van der Waals surface area (Å²) in [5, 5.41) is 11.5. The summed E-state index contributed by atoms with van der Waals surface area (Å²) in [5.74, 6) is -0.223. The molecule has 0 radical (unpaired) electrons. The molecule has 1 aromatic carbocycles. The highest BCUT2D eigenvalue weighted by molar-refractivity contribution is 5.91. The van der Waals surface area contributed by atoms with Crippen molar-refractivity contribution in [2.24, 2.45) is 0 Å². The van der Waals surface area contributed by atoms with E-state index < -0.39 is 18.0 Å². The van der Waals surface area contributed by atoms with Crippen LogP contribution in [0.15, 0.2) is 30.3 Å². The summed E-state index contributed by atoms with van der Waals surface area (Å²) < 4.78 is 5.97. The quantitative estimate of drug-likeness (QED) is 0.359. The van der Waals surface area contributed by atoms with E-state index in [2.05, 4.69) is 28.2 Å². The average Bonchev–Trinajstić information content (AvgIpc) is 3.20. The summed E-state index contributed by atoms with van der Waals surface area (Å²) in [4.78, 5) is 35.3. The van der Waals surface area contributed by atoms with Crippen molar-refractivity contribution in [2.45, 2.75) is 71.0 Å². The van der Waals surface area contributed by atoms with E-state index in [1.54, 1.807) is 13.8 Å². The van der Waals surface area contributed by atoms with Gasteiger partial charge in [0.1, 0.15) is 24.4 Å². The number of amides is 3. The third-order valence-corrected chi connectivity index (χ3v) is 5.79. The van der Waals surface area contributed by atoms with Gasteiger partial charge < -0.3 is 26.0 Å². The minimum atomic E-state index is -0.716. The van der Waals surface area contributed by atoms with Gasteiger partial charge in [0.2, 0.25) is 17.7 Å². The molecule has 8 heteroatoms. The van der Waals surface area contributed by atoms with Gasteiger partial charge in [-0.15, -0.1) is 0 Å². The number of ether oxygens (including phenoxy) is 1. The lowest BCUT2D eigenvalue weighted by molar-refractivity contribution is -0.131. The topological polar surface area (TPSA) is 109 Å². The van der Waals surface area contributed by atoms with Crippen LogP contribution in [0.3, 0.4) is 0 Å². The second kappa shape index (κ2) is 13.0. The Morgan fingerprint density at radius 1 is 1.06 bits per heavy atom. The van der Waals surface area contributed by atoms with Gasteiger partial charge in [-0.2, -0.15) is 0 Å². The van der Waals surface area contributed by atoms with Crippen LogP contribution in [0.5, 0.6) is 5.75 Å². The van der Waals surface area contributed by atoms with E-state index in [-0.39, 0.29) is 17.4 Å². The number of carbonyl (C=O) groups excluding carboxylic acids is 3. The Hall–Kier alpha value is -2.87. The van der Waals surface area contributed by atoms with E-state index in [0.717, 1.165) is 17.9 Å². The average molecular weight is 459 g/mol. The van der Waals surface area contributed by atoms with Crippen LogP contribution < -0.4 is 26.0 Å². The normalized spacial score (nSPS) is 16.7. The van der Waals surface area contributed by atoms with Crippen molar-refractivity contribution in [2.75, 3.05) is 19.7 Å². The Kier molecular flexibility index (Phi) is 10.4. The van der Waals surface area contributed by atoms with Crippen LogP contribution >= 0.6 is 0 Å². The van der Waals surface area contributed by atoms with E-state index in [9.17, 15) is 14.4 Å². The van der Waals surface area contributed by atoms with Crippen molar-refractivity contribution in [3.05, 3.63) is 35.9 Å². The maximum absolute atomic E-state index is 12.2. The first-order chi connectivity index (χ1) is 15.7. The molecule has 3 amide bonds. The maximum atomic E-state index is 12.2. The molecule has 182 valence electrons. The molecule has 0 bridgehead atoms. The van der Waals surface area contributed by atoms with Crippen molar-refractivity contribution in [1.82, 2.24) is 21.3 Å². The van der Waals surface area contributed by atoms with Crippen LogP contribution in [-0.4, -0.2) is 55.0 Å². The van der Waals surface area contributed by atoms with Crippen molar-refractivity contribution in [3.8, 4) is 5.75 Å². The number of nitrogens with one attached hydrogen (secondary N) is 4. The van der Waals surface area contributed by atoms with Crippen LogP contribution in [0.1, 0.15) is 58.9 Å². The van der Waals surface area contributed by atoms with Gasteiger partial charge in [0.25, 0.3) is 0 Å². The zero-order valence-electron chi connectivity index (χ0n) is 20.2. The monoisotopic (exact) mass is 458 g/mol. The molecule has 33 heavy (non-hydrogen) atoms. The SMILES string of the molecule is CC(=O)N[C@@H](C)C(=O)NC(C)C(=O)NC/C=C/c1ccccc1OCCNC1(C)CCCC1. The predicted molar refractivity (Wildman–Crippen MR) is 130 cm³/mol. The van der Waals surface area contributed by atoms with Crippen LogP contribution in [0, 0.1) is 0 Å². The second-order valence-electron chi connectivity index (χ2n) is 8.88. The molecule has 1 fully saturated rings. The minimum Gasteiger partial charge on any atom is -0.492 e. The maximum Gasteiger partial charge on any atom is 0.242 e. The summed E-state index contributed by atoms with van der Waals surface area (Å²) in [6.45, 7) is 8.48. The van der Waals surface area contributed by atoms with Gasteiger partial charge >= 0.3 is 0 Å². The van der Waals surface area contributed by atoms with Crippen molar-refractivity contribution >= 4 is 23.8 Å². The Morgan fingerprint density at radius 3 is 2.42 bits per heavy atom. The summed E-state index contributed by atoms with van der Waals surface area (Å²) in [6.07, 6.45) is 8.75. The molecule has 2 atom stereocenters. The van der Waals surface area contributed by atoms with E-state index in [4.69, 9.17) is 4.74 Å². The van der Waals surface area contributed by atoms with Crippen molar-refractivity contribution < 1.29 is 19.1 Å². The zero-order valence-corrected chi connectivity index (χ0v) is 20.2. The lowest BCUT2D eigenvalue weighted by Gasteiger charge is -2.25. The third-order valence-electron chi connectivity index (χ3n) is 5.79. The second-order valence-corrected chi connectivity index (χ2v) is 8.88. The molecule has 0 aromatic heterocycles. The highest BCUT2D eigenvalue weighted by atomic mass is 16.5. The molecule has 1 aromatic rings. The summed E-state index contributed by atoms with van der Waals surface area (Å²) in [6, 6.07) is 6.36. The van der Waals surface area contributed by atoms with Crippen LogP contribution in [-0.2, 0) is 14.4 Å². The first kappa shape index (κ1) is 26.4. The zero-order chi connectivity index (χ0) is 24.3. The van der Waals surface area contributed by atoms with E-state index in [1.807, 2.05) is 36.4 Å². The molecule has 0 heterocycles. The Labute approximate surface area is 196 Å². The molecule has 0 spiro atoms. The lowest BCUT2D eigenvalue weighted by Crippen LogP contribution is -2.51. The third kappa shape index (κ3) is 9.26. The first-order valence-corrected chi connectivity index (χ1v) is 11.7. The molecule has 0 aliphatic heterocycles. The summed E-state index contributed by atoms with van der Waals surface area (Å²) >= 11 is 0. The number of carbonyl (C=O) groups is 3. The van der Waals surface area contributed by atoms with Crippen LogP contribution in [0.2, 0.25) is 0 Å². The van der Waals surface area contributed by atoms with Gasteiger partial charge in [0, 0.05) is 31.1 Å². The lowest BCUT2D eigenvalue weighted by atomic mass is 10.0. The molecule has 4 N–H and O–H groups in total. The Balaban J connectivity index is 1.75. The van der Waals surface area contributed by atoms with Crippen LogP contribution in [0.25, 0.3) is 6.08 Å². The molecule has 8 nitrogen and oxygen atoms in total. The van der Waals surface area contributed by atoms with Crippen molar-refractivity contribution in [1.29, 1.82) is 0 Å². The number of para-hydroxylation sites is 1. The fourth-order valence-corrected chi connectivity index (χ4v) is 3.87. The molecule has 1 unspecified atom stereocenters. The van der Waals surface area contributed by atoms with E-state index in [1.165, 1.54) is 32.6 Å². The molecule has 1 aliphatic carbocycles. The van der Waals surface area contributed by atoms with Gasteiger partial charge in [0.15, 0.2) is 0 Å². The smallest absolute Gasteiger partial charge is 0.242 e. The fraction of sp³-hybridized carbons (Fsp3) is 0.560. The number of hydrogen-bond acceptors (Lipinski definition) is 5. The van der Waals surface area contributed by atoms with Gasteiger partial charge in [-0.1, -0.05) is 43.2 Å². The molecular weight excluding hydrogens is 420 g/mol. The Morgan fingerprint density at radius 2 is 1.73 bits per heavy atom. The highest BCUT2D eigenvalue weighted by Gasteiger charge is 2.27. The number of rotatable bonds is 12. The fourth-order valence-electron chi connectivity index (χ4n) is 3.87. The van der Waals surface area contributed by atoms with Gasteiger partial charge in [-0.05, 0) is 39.7 Å². The highest BCUT2D eigenvalue weighted by Crippen LogP contribution is 2.28. The van der Waals surface area contributed by atoms with Crippen molar-refractivity contribution in [3.63, 3.8) is 0 Å². The summed E-state index contributed by atoms with van der Waals surface area (Å²) in [5.41, 5.74) is 1.17. The largest absolute Gasteiger partial charge is 0.492 e. The standard InChI is InChI=1S/C25H38N4O4/c1-18(29-24(32)19(2)28-20(3)30)23(31)26-15-9-11-21-10-5-6-12-22(21)33-17-16-27-25(4)13-7-8-14-25/h5-6,9-12,18-19,27H,7-8,13-17H2,1-4H3,(H,26,31)(H,28,30)(H,29,32)/b11-9+/t18?,19-/m0/s1. The molecule has 0 saturated heterocycles. The first-order valence-electron chi connectivity index (χ1n) is 11.7. The number of benzene rings is 1. The van der Waals surface area contributed by atoms with Gasteiger partial charge in [-0.3, -0.25) is 14.4 Å². The molecule has 2 rings (SSSR count). The molecule has 1 aliphatic rings. The predicted octanol–water partition coefficient (Wildman–Crippen LogP) is 2.15. The number of hydrogen-bond donors (Lipinski definition) is 4.